The van der Waals surface area contributed by atoms with E-state index in [0.717, 1.165) is 6.07 Å². The molecular weight excluding hydrogens is 350 g/mol. The van der Waals surface area contributed by atoms with Gasteiger partial charge in [-0.15, -0.1) is 0 Å². The number of rotatable bonds is 3. The number of benzene rings is 1. The van der Waals surface area contributed by atoms with E-state index in [1.165, 1.54) is 12.1 Å². The Labute approximate surface area is 127 Å². The number of pyridine rings is 1. The van der Waals surface area contributed by atoms with Crippen molar-refractivity contribution in [3.8, 4) is 0 Å². The van der Waals surface area contributed by atoms with Crippen LogP contribution in [0.25, 0.3) is 0 Å². The fourth-order valence-electron chi connectivity index (χ4n) is 1.48. The molecule has 1 aromatic carbocycles. The van der Waals surface area contributed by atoms with E-state index in [4.69, 9.17) is 11.6 Å². The van der Waals surface area contributed by atoms with Gasteiger partial charge in [0.25, 0.3) is 11.6 Å². The van der Waals surface area contributed by atoms with E-state index in [0.29, 0.717) is 10.3 Å². The van der Waals surface area contributed by atoms with Gasteiger partial charge in [0.2, 0.25) is 0 Å². The maximum Gasteiger partial charge on any atom is 0.271 e. The Kier molecular flexibility index (Phi) is 4.31. The summed E-state index contributed by atoms with van der Waals surface area (Å²) in [6.07, 6.45) is 1.56. The van der Waals surface area contributed by atoms with Crippen LogP contribution in [0.3, 0.4) is 0 Å². The van der Waals surface area contributed by atoms with Gasteiger partial charge in [0.1, 0.15) is 4.60 Å². The van der Waals surface area contributed by atoms with Gasteiger partial charge in [0.05, 0.1) is 10.6 Å². The molecule has 0 aliphatic carbocycles. The Balaban J connectivity index is 2.30. The molecule has 0 bridgehead atoms. The molecule has 2 aromatic rings. The van der Waals surface area contributed by atoms with Crippen molar-refractivity contribution in [1.82, 2.24) is 4.98 Å². The smallest absolute Gasteiger partial charge is 0.271 e. The molecule has 8 heteroatoms. The quantitative estimate of drug-likeness (QED) is 0.516. The lowest BCUT2D eigenvalue weighted by Gasteiger charge is -2.06. The minimum Gasteiger partial charge on any atom is -0.320 e. The molecule has 1 heterocycles. The van der Waals surface area contributed by atoms with Crippen LogP contribution >= 0.6 is 27.5 Å². The predicted octanol–water partition coefficient (Wildman–Crippen LogP) is 3.66. The van der Waals surface area contributed by atoms with E-state index in [-0.39, 0.29) is 16.3 Å². The summed E-state index contributed by atoms with van der Waals surface area (Å²) in [6.45, 7) is 0. The van der Waals surface area contributed by atoms with E-state index in [9.17, 15) is 14.9 Å². The summed E-state index contributed by atoms with van der Waals surface area (Å²) in [7, 11) is 0. The van der Waals surface area contributed by atoms with Crippen LogP contribution in [0.5, 0.6) is 0 Å². The number of hydrogen-bond acceptors (Lipinski definition) is 4. The van der Waals surface area contributed by atoms with Crippen molar-refractivity contribution in [2.45, 2.75) is 0 Å². The first-order valence-corrected chi connectivity index (χ1v) is 6.51. The van der Waals surface area contributed by atoms with Crippen molar-refractivity contribution < 1.29 is 9.72 Å². The summed E-state index contributed by atoms with van der Waals surface area (Å²) in [5.74, 6) is -0.510. The molecule has 0 radical (unpaired) electrons. The van der Waals surface area contributed by atoms with Crippen LogP contribution < -0.4 is 5.32 Å². The second-order valence-corrected chi connectivity index (χ2v) is 4.94. The molecule has 1 N–H and O–H groups in total. The predicted molar refractivity (Wildman–Crippen MR) is 78.0 cm³/mol. The molecule has 6 nitrogen and oxygen atoms in total. The van der Waals surface area contributed by atoms with E-state index in [1.54, 1.807) is 18.3 Å². The van der Waals surface area contributed by atoms with Gasteiger partial charge in [-0.25, -0.2) is 4.98 Å². The van der Waals surface area contributed by atoms with Crippen LogP contribution in [-0.4, -0.2) is 15.8 Å². The van der Waals surface area contributed by atoms with Gasteiger partial charge in [-0.3, -0.25) is 14.9 Å². The molecule has 1 aromatic heterocycles. The molecule has 0 saturated carbocycles. The third kappa shape index (κ3) is 3.31. The van der Waals surface area contributed by atoms with Crippen LogP contribution in [0.1, 0.15) is 10.4 Å². The molecule has 0 fully saturated rings. The van der Waals surface area contributed by atoms with Crippen molar-refractivity contribution in [3.63, 3.8) is 0 Å². The van der Waals surface area contributed by atoms with Gasteiger partial charge < -0.3 is 5.32 Å². The molecule has 0 aliphatic rings. The summed E-state index contributed by atoms with van der Waals surface area (Å²) in [6, 6.07) is 6.99. The second-order valence-electron chi connectivity index (χ2n) is 3.75. The largest absolute Gasteiger partial charge is 0.320 e. The zero-order valence-electron chi connectivity index (χ0n) is 9.84. The van der Waals surface area contributed by atoms with E-state index in [1.807, 2.05) is 0 Å². The Morgan fingerprint density at radius 1 is 1.40 bits per heavy atom. The Hall–Kier alpha value is -1.99. The van der Waals surface area contributed by atoms with Gasteiger partial charge >= 0.3 is 0 Å². The van der Waals surface area contributed by atoms with Gasteiger partial charge in [-0.2, -0.15) is 0 Å². The lowest BCUT2D eigenvalue weighted by molar-refractivity contribution is -0.384. The first-order valence-electron chi connectivity index (χ1n) is 5.34. The minimum absolute atomic E-state index is 0.0972. The lowest BCUT2D eigenvalue weighted by atomic mass is 10.2. The molecule has 102 valence electrons. The highest BCUT2D eigenvalue weighted by Crippen LogP contribution is 2.23. The van der Waals surface area contributed by atoms with Crippen molar-refractivity contribution in [2.75, 3.05) is 5.32 Å². The van der Waals surface area contributed by atoms with E-state index in [2.05, 4.69) is 26.2 Å². The van der Waals surface area contributed by atoms with Crippen LogP contribution in [0.15, 0.2) is 41.1 Å². The maximum atomic E-state index is 12.1. The highest BCUT2D eigenvalue weighted by atomic mass is 79.9. The standard InChI is InChI=1S/C12H7BrClN3O3/c13-11-10(2-1-3-15-11)16-12(18)7-4-8(14)6-9(5-7)17(19)20/h1-6H,(H,16,18). The van der Waals surface area contributed by atoms with Gasteiger partial charge in [0.15, 0.2) is 0 Å². The molecule has 20 heavy (non-hydrogen) atoms. The van der Waals surface area contributed by atoms with Crippen molar-refractivity contribution in [3.05, 3.63) is 61.8 Å². The Morgan fingerprint density at radius 2 is 2.15 bits per heavy atom. The summed E-state index contributed by atoms with van der Waals surface area (Å²) in [5, 5.41) is 13.4. The number of nitro groups is 1. The van der Waals surface area contributed by atoms with Gasteiger partial charge in [-0.05, 0) is 34.1 Å². The molecule has 1 amide bonds. The maximum absolute atomic E-state index is 12.1. The van der Waals surface area contributed by atoms with Crippen molar-refractivity contribution in [2.24, 2.45) is 0 Å². The number of halogens is 2. The fourth-order valence-corrected chi connectivity index (χ4v) is 2.06. The third-order valence-electron chi connectivity index (χ3n) is 2.36. The minimum atomic E-state index is -0.608. The highest BCUT2D eigenvalue weighted by molar-refractivity contribution is 9.10. The number of carbonyl (C=O) groups excluding carboxylic acids is 1. The first-order chi connectivity index (χ1) is 9.47. The van der Waals surface area contributed by atoms with E-state index >= 15 is 0 Å². The molecule has 0 atom stereocenters. The number of aromatic nitrogens is 1. The third-order valence-corrected chi connectivity index (χ3v) is 3.21. The molecule has 0 aliphatic heterocycles. The zero-order valence-corrected chi connectivity index (χ0v) is 12.2. The summed E-state index contributed by atoms with van der Waals surface area (Å²) < 4.78 is 0.463. The number of nitro benzene ring substituents is 1. The SMILES string of the molecule is O=C(Nc1cccnc1Br)c1cc(Cl)cc([N+](=O)[O-])c1. The topological polar surface area (TPSA) is 85.1 Å². The normalized spacial score (nSPS) is 10.1. The second kappa shape index (κ2) is 5.98. The van der Waals surface area contributed by atoms with Gasteiger partial charge in [0, 0.05) is 28.9 Å². The van der Waals surface area contributed by atoms with E-state index < -0.39 is 10.8 Å². The molecule has 0 saturated heterocycles. The first kappa shape index (κ1) is 14.4. The summed E-state index contributed by atoms with van der Waals surface area (Å²) in [4.78, 5) is 26.1. The number of amides is 1. The number of nitrogens with one attached hydrogen (secondary N) is 1. The average Bonchev–Trinajstić information content (AvgIpc) is 2.40. The number of carbonyl (C=O) groups is 1. The number of anilines is 1. The molecule has 0 unspecified atom stereocenters. The van der Waals surface area contributed by atoms with Crippen LogP contribution in [0, 0.1) is 10.1 Å². The number of nitrogens with zero attached hydrogens (tertiary/aromatic N) is 2. The van der Waals surface area contributed by atoms with Crippen molar-refractivity contribution >= 4 is 44.8 Å². The highest BCUT2D eigenvalue weighted by Gasteiger charge is 2.15. The molecule has 0 spiro atoms. The Bertz CT molecular complexity index is 693. The summed E-state index contributed by atoms with van der Waals surface area (Å²) in [5.41, 5.74) is 0.313. The van der Waals surface area contributed by atoms with Crippen LogP contribution in [0.4, 0.5) is 11.4 Å². The van der Waals surface area contributed by atoms with Crippen LogP contribution in [0.2, 0.25) is 5.02 Å². The number of hydrogen-bond donors (Lipinski definition) is 1. The monoisotopic (exact) mass is 355 g/mol. The zero-order chi connectivity index (χ0) is 14.7. The van der Waals surface area contributed by atoms with Crippen molar-refractivity contribution in [1.29, 1.82) is 0 Å². The van der Waals surface area contributed by atoms with Gasteiger partial charge in [-0.1, -0.05) is 11.6 Å². The lowest BCUT2D eigenvalue weighted by Crippen LogP contribution is -2.12. The Morgan fingerprint density at radius 3 is 2.80 bits per heavy atom. The molecule has 2 rings (SSSR count). The average molecular weight is 357 g/mol. The van der Waals surface area contributed by atoms with Crippen LogP contribution in [-0.2, 0) is 0 Å². The molecular formula is C12H7BrClN3O3. The summed E-state index contributed by atoms with van der Waals surface area (Å²) >= 11 is 8.96. The fraction of sp³-hybridized carbons (Fsp3) is 0. The number of non-ortho nitro benzene ring substituents is 1.